The van der Waals surface area contributed by atoms with Crippen LogP contribution < -0.4 is 0 Å². The summed E-state index contributed by atoms with van der Waals surface area (Å²) in [6.07, 6.45) is 5.92. The molecule has 0 aliphatic heterocycles. The molecule has 1 aromatic rings. The van der Waals surface area contributed by atoms with Crippen molar-refractivity contribution in [3.63, 3.8) is 0 Å². The SMILES string of the molecule is Cc1cc(CC(=O)C2=CCCC2)cs1. The molecule has 1 aliphatic carbocycles. The molecule has 1 aromatic heterocycles. The third-order valence-corrected chi connectivity index (χ3v) is 3.46. The van der Waals surface area contributed by atoms with E-state index in [0.717, 1.165) is 24.8 Å². The van der Waals surface area contributed by atoms with E-state index in [9.17, 15) is 4.79 Å². The Balaban J connectivity index is 2.01. The lowest BCUT2D eigenvalue weighted by molar-refractivity contribution is -0.115. The molecule has 0 unspecified atom stereocenters. The van der Waals surface area contributed by atoms with Gasteiger partial charge in [-0.25, -0.2) is 0 Å². The quantitative estimate of drug-likeness (QED) is 0.741. The van der Waals surface area contributed by atoms with Gasteiger partial charge in [-0.1, -0.05) is 6.08 Å². The van der Waals surface area contributed by atoms with Gasteiger partial charge in [0.05, 0.1) is 0 Å². The zero-order valence-corrected chi connectivity index (χ0v) is 9.19. The van der Waals surface area contributed by atoms with E-state index in [-0.39, 0.29) is 0 Å². The van der Waals surface area contributed by atoms with Crippen LogP contribution in [0.4, 0.5) is 0 Å². The van der Waals surface area contributed by atoms with Gasteiger partial charge in [-0.05, 0) is 48.8 Å². The molecule has 74 valence electrons. The van der Waals surface area contributed by atoms with E-state index in [1.807, 2.05) is 0 Å². The highest BCUT2D eigenvalue weighted by Crippen LogP contribution is 2.21. The fraction of sp³-hybridized carbons (Fsp3) is 0.417. The van der Waals surface area contributed by atoms with Gasteiger partial charge in [0.1, 0.15) is 0 Å². The van der Waals surface area contributed by atoms with E-state index in [2.05, 4.69) is 24.4 Å². The molecule has 0 bridgehead atoms. The maximum atomic E-state index is 11.8. The van der Waals surface area contributed by atoms with Crippen LogP contribution in [0.1, 0.15) is 29.7 Å². The minimum Gasteiger partial charge on any atom is -0.294 e. The maximum absolute atomic E-state index is 11.8. The van der Waals surface area contributed by atoms with Crippen LogP contribution in [-0.2, 0) is 11.2 Å². The number of ketones is 1. The van der Waals surface area contributed by atoms with Gasteiger partial charge >= 0.3 is 0 Å². The Morgan fingerprint density at radius 2 is 2.43 bits per heavy atom. The zero-order valence-electron chi connectivity index (χ0n) is 8.38. The van der Waals surface area contributed by atoms with Gasteiger partial charge in [0.15, 0.2) is 5.78 Å². The largest absolute Gasteiger partial charge is 0.294 e. The van der Waals surface area contributed by atoms with Crippen molar-refractivity contribution in [2.45, 2.75) is 32.6 Å². The van der Waals surface area contributed by atoms with E-state index >= 15 is 0 Å². The van der Waals surface area contributed by atoms with E-state index < -0.39 is 0 Å². The van der Waals surface area contributed by atoms with E-state index in [1.165, 1.54) is 10.4 Å². The van der Waals surface area contributed by atoms with Gasteiger partial charge in [-0.15, -0.1) is 11.3 Å². The molecule has 0 aromatic carbocycles. The number of carbonyl (C=O) groups is 1. The summed E-state index contributed by atoms with van der Waals surface area (Å²) < 4.78 is 0. The molecule has 0 radical (unpaired) electrons. The number of rotatable bonds is 3. The Bertz CT molecular complexity index is 373. The Hall–Kier alpha value is -0.890. The summed E-state index contributed by atoms with van der Waals surface area (Å²) in [5.41, 5.74) is 2.22. The van der Waals surface area contributed by atoms with Crippen LogP contribution in [0.2, 0.25) is 0 Å². The number of Topliss-reactive ketones (excluding diaryl/α,β-unsaturated/α-hetero) is 1. The fourth-order valence-corrected chi connectivity index (χ4v) is 2.52. The summed E-state index contributed by atoms with van der Waals surface area (Å²) in [6, 6.07) is 2.11. The summed E-state index contributed by atoms with van der Waals surface area (Å²) in [6.45, 7) is 2.08. The van der Waals surface area contributed by atoms with Crippen LogP contribution >= 0.6 is 11.3 Å². The van der Waals surface area contributed by atoms with Crippen LogP contribution in [0.3, 0.4) is 0 Å². The molecular formula is C12H14OS. The van der Waals surface area contributed by atoms with Gasteiger partial charge in [-0.3, -0.25) is 4.79 Å². The molecule has 1 aliphatic rings. The van der Waals surface area contributed by atoms with Gasteiger partial charge in [0, 0.05) is 11.3 Å². The van der Waals surface area contributed by atoms with E-state index in [0.29, 0.717) is 12.2 Å². The second kappa shape index (κ2) is 4.09. The third kappa shape index (κ3) is 2.13. The summed E-state index contributed by atoms with van der Waals surface area (Å²) in [5, 5.41) is 2.09. The number of hydrogen-bond donors (Lipinski definition) is 0. The molecule has 0 fully saturated rings. The first-order chi connectivity index (χ1) is 6.75. The molecule has 0 spiro atoms. The molecule has 0 N–H and O–H groups in total. The van der Waals surface area contributed by atoms with Gasteiger partial charge in [0.2, 0.25) is 0 Å². The average molecular weight is 206 g/mol. The fourth-order valence-electron chi connectivity index (χ4n) is 1.81. The highest BCUT2D eigenvalue weighted by Gasteiger charge is 2.13. The van der Waals surface area contributed by atoms with Crippen molar-refractivity contribution in [1.29, 1.82) is 0 Å². The molecule has 0 saturated carbocycles. The topological polar surface area (TPSA) is 17.1 Å². The second-order valence-electron chi connectivity index (χ2n) is 3.79. The first-order valence-electron chi connectivity index (χ1n) is 5.02. The number of allylic oxidation sites excluding steroid dienone is 2. The molecule has 0 amide bonds. The van der Waals surface area contributed by atoms with Crippen molar-refractivity contribution in [1.82, 2.24) is 0 Å². The zero-order chi connectivity index (χ0) is 9.97. The molecule has 2 heteroatoms. The van der Waals surface area contributed by atoms with Crippen LogP contribution in [0.25, 0.3) is 0 Å². The molecular weight excluding hydrogens is 192 g/mol. The minimum absolute atomic E-state index is 0.320. The molecule has 1 heterocycles. The number of aryl methyl sites for hydroxylation is 1. The van der Waals surface area contributed by atoms with Crippen LogP contribution in [0.5, 0.6) is 0 Å². The van der Waals surface area contributed by atoms with Crippen molar-refractivity contribution in [2.75, 3.05) is 0 Å². The number of hydrogen-bond acceptors (Lipinski definition) is 2. The van der Waals surface area contributed by atoms with E-state index in [4.69, 9.17) is 0 Å². The summed E-state index contributed by atoms with van der Waals surface area (Å²) in [5.74, 6) is 0.320. The normalized spacial score (nSPS) is 15.6. The Kier molecular flexibility index (Phi) is 2.82. The molecule has 1 nitrogen and oxygen atoms in total. The third-order valence-electron chi connectivity index (χ3n) is 2.55. The molecule has 0 saturated heterocycles. The van der Waals surface area contributed by atoms with Crippen LogP contribution in [-0.4, -0.2) is 5.78 Å². The van der Waals surface area contributed by atoms with Crippen LogP contribution in [0.15, 0.2) is 23.1 Å². The van der Waals surface area contributed by atoms with Crippen molar-refractivity contribution < 1.29 is 4.79 Å². The van der Waals surface area contributed by atoms with Crippen LogP contribution in [0, 0.1) is 6.92 Å². The first kappa shape index (κ1) is 9.66. The lowest BCUT2D eigenvalue weighted by atomic mass is 10.0. The predicted octanol–water partition coefficient (Wildman–Crippen LogP) is 3.28. The van der Waals surface area contributed by atoms with Crippen molar-refractivity contribution in [3.05, 3.63) is 33.5 Å². The van der Waals surface area contributed by atoms with Crippen molar-refractivity contribution >= 4 is 17.1 Å². The molecule has 2 rings (SSSR count). The monoisotopic (exact) mass is 206 g/mol. The first-order valence-corrected chi connectivity index (χ1v) is 5.90. The standard InChI is InChI=1S/C12H14OS/c1-9-6-10(8-14-9)7-12(13)11-4-2-3-5-11/h4,6,8H,2-3,5,7H2,1H3. The second-order valence-corrected chi connectivity index (χ2v) is 4.90. The maximum Gasteiger partial charge on any atom is 0.162 e. The molecule has 14 heavy (non-hydrogen) atoms. The molecule has 0 atom stereocenters. The van der Waals surface area contributed by atoms with Gasteiger partial charge in [0.25, 0.3) is 0 Å². The predicted molar refractivity (Wildman–Crippen MR) is 59.7 cm³/mol. The lowest BCUT2D eigenvalue weighted by Gasteiger charge is -1.98. The Morgan fingerprint density at radius 3 is 3.00 bits per heavy atom. The van der Waals surface area contributed by atoms with Crippen molar-refractivity contribution in [2.24, 2.45) is 0 Å². The lowest BCUT2D eigenvalue weighted by Crippen LogP contribution is -2.03. The smallest absolute Gasteiger partial charge is 0.162 e. The van der Waals surface area contributed by atoms with Gasteiger partial charge < -0.3 is 0 Å². The Morgan fingerprint density at radius 1 is 1.57 bits per heavy atom. The average Bonchev–Trinajstić information content (AvgIpc) is 2.75. The minimum atomic E-state index is 0.320. The van der Waals surface area contributed by atoms with Crippen molar-refractivity contribution in [3.8, 4) is 0 Å². The number of thiophene rings is 1. The summed E-state index contributed by atoms with van der Waals surface area (Å²) >= 11 is 1.72. The summed E-state index contributed by atoms with van der Waals surface area (Å²) in [7, 11) is 0. The van der Waals surface area contributed by atoms with E-state index in [1.54, 1.807) is 11.3 Å². The summed E-state index contributed by atoms with van der Waals surface area (Å²) in [4.78, 5) is 13.0. The highest BCUT2D eigenvalue weighted by molar-refractivity contribution is 7.10. The number of carbonyl (C=O) groups excluding carboxylic acids is 1. The van der Waals surface area contributed by atoms with Gasteiger partial charge in [-0.2, -0.15) is 0 Å². The Labute approximate surface area is 88.5 Å². The highest BCUT2D eigenvalue weighted by atomic mass is 32.1.